The number of rotatable bonds is 37. The Morgan fingerprint density at radius 3 is 1.58 bits per heavy atom. The van der Waals surface area contributed by atoms with Crippen LogP contribution in [0, 0.1) is 0 Å². The summed E-state index contributed by atoms with van der Waals surface area (Å²) in [6, 6.07) is 0. The summed E-state index contributed by atoms with van der Waals surface area (Å²) in [6.45, 7) is 5.40. The SMILES string of the molecule is CCCCCCC/C=C\CCCCCCCC(=O)OC(COCCCCCCCCCCCCCC)COP(=O)([O-])OCC[N+](C)(C)C. The molecule has 0 fully saturated rings. The highest BCUT2D eigenvalue weighted by atomic mass is 31.2. The molecule has 0 aliphatic rings. The summed E-state index contributed by atoms with van der Waals surface area (Å²) >= 11 is 0. The molecule has 0 aromatic carbocycles. The van der Waals surface area contributed by atoms with Crippen LogP contribution in [0.5, 0.6) is 0 Å². The summed E-state index contributed by atoms with van der Waals surface area (Å²) in [5.41, 5.74) is 0. The van der Waals surface area contributed by atoms with Gasteiger partial charge in [-0.15, -0.1) is 0 Å². The number of ether oxygens (including phenoxy) is 2. The normalized spacial score (nSPS) is 14.0. The molecule has 0 aromatic heterocycles. The largest absolute Gasteiger partial charge is 0.756 e. The highest BCUT2D eigenvalue weighted by molar-refractivity contribution is 7.45. The van der Waals surface area contributed by atoms with Crippen LogP contribution in [-0.2, 0) is 27.9 Å². The number of hydrogen-bond donors (Lipinski definition) is 0. The van der Waals surface area contributed by atoms with E-state index in [1.807, 2.05) is 21.1 Å². The Labute approximate surface area is 297 Å². The molecule has 0 heterocycles. The molecule has 0 amide bonds. The number of nitrogens with zero attached hydrogens (tertiary/aromatic N) is 1. The Hall–Kier alpha value is -0.760. The molecule has 0 aliphatic heterocycles. The third-order valence-electron chi connectivity index (χ3n) is 8.57. The number of carbonyl (C=O) groups is 1. The standard InChI is InChI=1S/C39H78NO7P/c1-6-8-10-12-14-16-18-20-21-22-24-26-28-30-32-39(41)47-38(37-46-48(42,43)45-35-33-40(3,4)5)36-44-34-31-29-27-25-23-19-17-15-13-11-9-7-2/h18,20,38H,6-17,19,21-37H2,1-5H3/b20-18-. The molecule has 9 heteroatoms. The number of carbonyl (C=O) groups excluding carboxylic acids is 1. The Kier molecular flexibility index (Phi) is 32.9. The van der Waals surface area contributed by atoms with Gasteiger partial charge in [0.1, 0.15) is 19.3 Å². The van der Waals surface area contributed by atoms with Gasteiger partial charge in [0.2, 0.25) is 0 Å². The van der Waals surface area contributed by atoms with Gasteiger partial charge in [-0.3, -0.25) is 9.36 Å². The minimum atomic E-state index is -4.51. The van der Waals surface area contributed by atoms with E-state index in [9.17, 15) is 14.3 Å². The van der Waals surface area contributed by atoms with E-state index in [0.29, 0.717) is 24.1 Å². The molecule has 0 rings (SSSR count). The van der Waals surface area contributed by atoms with E-state index in [4.69, 9.17) is 18.5 Å². The lowest BCUT2D eigenvalue weighted by Crippen LogP contribution is -2.37. The number of phosphoric ester groups is 1. The molecule has 0 N–H and O–H groups in total. The number of quaternary nitrogens is 1. The Morgan fingerprint density at radius 2 is 1.08 bits per heavy atom. The van der Waals surface area contributed by atoms with Crippen LogP contribution < -0.4 is 4.89 Å². The molecule has 0 saturated carbocycles. The van der Waals surface area contributed by atoms with Gasteiger partial charge < -0.3 is 27.9 Å². The maximum absolute atomic E-state index is 12.6. The zero-order valence-electron chi connectivity index (χ0n) is 32.2. The second-order valence-electron chi connectivity index (χ2n) is 14.6. The molecule has 8 nitrogen and oxygen atoms in total. The molecule has 0 bridgehead atoms. The topological polar surface area (TPSA) is 94.1 Å². The smallest absolute Gasteiger partial charge is 0.306 e. The van der Waals surface area contributed by atoms with Gasteiger partial charge in [0.05, 0.1) is 34.4 Å². The summed E-state index contributed by atoms with van der Waals surface area (Å²) in [6.07, 6.45) is 33.5. The van der Waals surface area contributed by atoms with Crippen molar-refractivity contribution < 1.29 is 37.3 Å². The van der Waals surface area contributed by atoms with E-state index < -0.39 is 13.9 Å². The zero-order chi connectivity index (χ0) is 35.6. The van der Waals surface area contributed by atoms with E-state index >= 15 is 0 Å². The van der Waals surface area contributed by atoms with E-state index in [1.165, 1.54) is 109 Å². The summed E-state index contributed by atoms with van der Waals surface area (Å²) in [5.74, 6) is -0.342. The maximum atomic E-state index is 12.6. The van der Waals surface area contributed by atoms with E-state index in [-0.39, 0.29) is 25.8 Å². The number of phosphoric acid groups is 1. The molecule has 286 valence electrons. The van der Waals surface area contributed by atoms with Crippen LogP contribution in [0.4, 0.5) is 0 Å². The van der Waals surface area contributed by atoms with Crippen molar-refractivity contribution in [2.75, 3.05) is 54.1 Å². The number of hydrogen-bond acceptors (Lipinski definition) is 7. The van der Waals surface area contributed by atoms with Gasteiger partial charge in [0.25, 0.3) is 7.82 Å². The van der Waals surface area contributed by atoms with Crippen LogP contribution in [0.1, 0.15) is 174 Å². The van der Waals surface area contributed by atoms with Gasteiger partial charge >= 0.3 is 5.97 Å². The number of allylic oxidation sites excluding steroid dienone is 2. The average molecular weight is 704 g/mol. The fourth-order valence-electron chi connectivity index (χ4n) is 5.42. The number of likely N-dealkylation sites (N-methyl/N-ethyl adjacent to an activating group) is 1. The highest BCUT2D eigenvalue weighted by Gasteiger charge is 2.20. The van der Waals surface area contributed by atoms with Crippen LogP contribution in [0.3, 0.4) is 0 Å². The molecular weight excluding hydrogens is 625 g/mol. The Bertz CT molecular complexity index is 787. The van der Waals surface area contributed by atoms with Crippen molar-refractivity contribution in [3.63, 3.8) is 0 Å². The number of esters is 1. The van der Waals surface area contributed by atoms with Crippen molar-refractivity contribution >= 4 is 13.8 Å². The molecule has 0 spiro atoms. The van der Waals surface area contributed by atoms with Crippen LogP contribution in [0.25, 0.3) is 0 Å². The fraction of sp³-hybridized carbons (Fsp3) is 0.923. The predicted octanol–water partition coefficient (Wildman–Crippen LogP) is 10.5. The van der Waals surface area contributed by atoms with Gasteiger partial charge in [-0.05, 0) is 38.5 Å². The van der Waals surface area contributed by atoms with E-state index in [1.54, 1.807) is 0 Å². The lowest BCUT2D eigenvalue weighted by atomic mass is 10.1. The summed E-state index contributed by atoms with van der Waals surface area (Å²) in [5, 5.41) is 0. The van der Waals surface area contributed by atoms with Crippen molar-refractivity contribution in [1.82, 2.24) is 0 Å². The number of unbranched alkanes of at least 4 members (excludes halogenated alkanes) is 21. The van der Waals surface area contributed by atoms with Crippen molar-refractivity contribution in [3.05, 3.63) is 12.2 Å². The minimum absolute atomic E-state index is 0.0274. The maximum Gasteiger partial charge on any atom is 0.306 e. The second kappa shape index (κ2) is 33.4. The van der Waals surface area contributed by atoms with Gasteiger partial charge in [-0.1, -0.05) is 142 Å². The lowest BCUT2D eigenvalue weighted by Gasteiger charge is -2.28. The minimum Gasteiger partial charge on any atom is -0.756 e. The molecular formula is C39H78NO7P. The molecule has 48 heavy (non-hydrogen) atoms. The molecule has 0 aromatic rings. The summed E-state index contributed by atoms with van der Waals surface area (Å²) in [7, 11) is 1.36. The van der Waals surface area contributed by atoms with E-state index in [2.05, 4.69) is 26.0 Å². The van der Waals surface area contributed by atoms with Crippen molar-refractivity contribution in [1.29, 1.82) is 0 Å². The third kappa shape index (κ3) is 36.5. The molecule has 0 radical (unpaired) electrons. The van der Waals surface area contributed by atoms with Crippen LogP contribution >= 0.6 is 7.82 Å². The molecule has 0 saturated heterocycles. The first-order valence-electron chi connectivity index (χ1n) is 19.9. The first-order chi connectivity index (χ1) is 23.1. The van der Waals surface area contributed by atoms with Crippen molar-refractivity contribution in [2.45, 2.75) is 180 Å². The first kappa shape index (κ1) is 47.2. The van der Waals surface area contributed by atoms with Crippen LogP contribution in [0.2, 0.25) is 0 Å². The first-order valence-corrected chi connectivity index (χ1v) is 21.4. The highest BCUT2D eigenvalue weighted by Crippen LogP contribution is 2.38. The predicted molar refractivity (Wildman–Crippen MR) is 199 cm³/mol. The summed E-state index contributed by atoms with van der Waals surface area (Å²) in [4.78, 5) is 24.9. The molecule has 2 unspecified atom stereocenters. The monoisotopic (exact) mass is 704 g/mol. The van der Waals surface area contributed by atoms with Crippen LogP contribution in [-0.4, -0.2) is 70.7 Å². The van der Waals surface area contributed by atoms with Crippen molar-refractivity contribution in [2.24, 2.45) is 0 Å². The van der Waals surface area contributed by atoms with Crippen LogP contribution in [0.15, 0.2) is 12.2 Å². The quantitative estimate of drug-likeness (QED) is 0.0209. The van der Waals surface area contributed by atoms with Gasteiger partial charge in [0, 0.05) is 13.0 Å². The lowest BCUT2D eigenvalue weighted by molar-refractivity contribution is -0.870. The van der Waals surface area contributed by atoms with Gasteiger partial charge in [-0.25, -0.2) is 0 Å². The second-order valence-corrected chi connectivity index (χ2v) is 16.1. The molecule has 2 atom stereocenters. The fourth-order valence-corrected chi connectivity index (χ4v) is 6.15. The Morgan fingerprint density at radius 1 is 0.625 bits per heavy atom. The summed E-state index contributed by atoms with van der Waals surface area (Å²) < 4.78 is 34.4. The van der Waals surface area contributed by atoms with E-state index in [0.717, 1.165) is 44.9 Å². The molecule has 0 aliphatic carbocycles. The Balaban J connectivity index is 4.28. The average Bonchev–Trinajstić information content (AvgIpc) is 3.03. The van der Waals surface area contributed by atoms with Gasteiger partial charge in [0.15, 0.2) is 0 Å². The van der Waals surface area contributed by atoms with Crippen molar-refractivity contribution in [3.8, 4) is 0 Å². The van der Waals surface area contributed by atoms with Gasteiger partial charge in [-0.2, -0.15) is 0 Å². The third-order valence-corrected chi connectivity index (χ3v) is 9.53. The zero-order valence-corrected chi connectivity index (χ0v) is 33.1.